The largest absolute Gasteiger partial charge is 0.288 e. The highest BCUT2D eigenvalue weighted by Gasteiger charge is 2.14. The van der Waals surface area contributed by atoms with E-state index in [9.17, 15) is 4.79 Å². The maximum absolute atomic E-state index is 11.9. The minimum atomic E-state index is -0.0671. The van der Waals surface area contributed by atoms with Gasteiger partial charge in [0.15, 0.2) is 0 Å². The number of aromatic nitrogens is 1. The lowest BCUT2D eigenvalue weighted by Crippen LogP contribution is -2.01. The minimum Gasteiger partial charge on any atom is -0.288 e. The summed E-state index contributed by atoms with van der Waals surface area (Å²) >= 11 is 7.32. The minimum absolute atomic E-state index is 0.0671. The van der Waals surface area contributed by atoms with E-state index in [4.69, 9.17) is 11.6 Å². The van der Waals surface area contributed by atoms with Crippen LogP contribution in [-0.4, -0.2) is 10.8 Å². The van der Waals surface area contributed by atoms with Gasteiger partial charge in [0.25, 0.3) is 0 Å². The Bertz CT molecular complexity index is 493. The van der Waals surface area contributed by atoms with E-state index in [2.05, 4.69) is 4.98 Å². The lowest BCUT2D eigenvalue weighted by molar-refractivity contribution is 0.104. The molecule has 0 fully saturated rings. The van der Waals surface area contributed by atoms with E-state index >= 15 is 0 Å². The van der Waals surface area contributed by atoms with Crippen molar-refractivity contribution in [3.05, 3.63) is 50.9 Å². The zero-order chi connectivity index (χ0) is 10.8. The molecule has 2 heterocycles. The first-order valence-electron chi connectivity index (χ1n) is 4.40. The predicted octanol–water partition coefficient (Wildman–Crippen LogP) is 3.34. The van der Waals surface area contributed by atoms with E-state index in [-0.39, 0.29) is 10.9 Å². The normalized spacial score (nSPS) is 10.3. The van der Waals surface area contributed by atoms with Crippen LogP contribution in [0.5, 0.6) is 0 Å². The number of pyridine rings is 1. The number of hydrogen-bond donors (Lipinski definition) is 0. The Morgan fingerprint density at radius 3 is 2.80 bits per heavy atom. The van der Waals surface area contributed by atoms with Crippen molar-refractivity contribution in [3.8, 4) is 0 Å². The van der Waals surface area contributed by atoms with Crippen LogP contribution < -0.4 is 0 Å². The van der Waals surface area contributed by atoms with Crippen LogP contribution in [0.25, 0.3) is 0 Å². The summed E-state index contributed by atoms with van der Waals surface area (Å²) in [5, 5.41) is 2.14. The van der Waals surface area contributed by atoms with Gasteiger partial charge in [-0.25, -0.2) is 4.98 Å². The van der Waals surface area contributed by atoms with Crippen LogP contribution in [0.3, 0.4) is 0 Å². The molecule has 0 saturated carbocycles. The number of carbonyl (C=O) groups excluding carboxylic acids is 1. The molecule has 4 heteroatoms. The summed E-state index contributed by atoms with van der Waals surface area (Å²) in [7, 11) is 0. The highest BCUT2D eigenvalue weighted by atomic mass is 35.5. The second-order valence-corrected chi connectivity index (χ2v) is 4.40. The van der Waals surface area contributed by atoms with Crippen molar-refractivity contribution in [2.45, 2.75) is 6.92 Å². The van der Waals surface area contributed by atoms with E-state index in [0.717, 1.165) is 5.69 Å². The number of aryl methyl sites for hydroxylation is 1. The molecule has 0 atom stereocenters. The summed E-state index contributed by atoms with van der Waals surface area (Å²) in [4.78, 5) is 16.7. The van der Waals surface area contributed by atoms with E-state index < -0.39 is 0 Å². The highest BCUT2D eigenvalue weighted by molar-refractivity contribution is 7.12. The molecule has 0 aliphatic carbocycles. The topological polar surface area (TPSA) is 30.0 Å². The fraction of sp³-hybridized carbons (Fsp3) is 0.0909. The summed E-state index contributed by atoms with van der Waals surface area (Å²) in [6.07, 6.45) is 0. The molecule has 2 nitrogen and oxygen atoms in total. The summed E-state index contributed by atoms with van der Waals surface area (Å²) < 4.78 is 0. The van der Waals surface area contributed by atoms with E-state index in [1.807, 2.05) is 18.4 Å². The molecule has 2 aromatic rings. The van der Waals surface area contributed by atoms with Crippen LogP contribution in [0.15, 0.2) is 29.6 Å². The molecule has 2 rings (SSSR count). The Morgan fingerprint density at radius 1 is 1.40 bits per heavy atom. The summed E-state index contributed by atoms with van der Waals surface area (Å²) in [5.74, 6) is -0.0671. The van der Waals surface area contributed by atoms with Gasteiger partial charge in [0, 0.05) is 5.69 Å². The molecule has 0 aromatic carbocycles. The molecule has 0 unspecified atom stereocenters. The van der Waals surface area contributed by atoms with Gasteiger partial charge in [-0.2, -0.15) is 0 Å². The molecule has 0 saturated heterocycles. The van der Waals surface area contributed by atoms with Crippen LogP contribution in [-0.2, 0) is 0 Å². The van der Waals surface area contributed by atoms with E-state index in [0.29, 0.717) is 10.4 Å². The molecular formula is C11H8ClNOS. The van der Waals surface area contributed by atoms with Crippen molar-refractivity contribution in [2.75, 3.05) is 0 Å². The van der Waals surface area contributed by atoms with Gasteiger partial charge in [0.05, 0.1) is 10.4 Å². The zero-order valence-corrected chi connectivity index (χ0v) is 9.60. The lowest BCUT2D eigenvalue weighted by Gasteiger charge is -2.01. The average Bonchev–Trinajstić information content (AvgIpc) is 2.69. The van der Waals surface area contributed by atoms with Gasteiger partial charge in [0.1, 0.15) is 5.15 Å². The van der Waals surface area contributed by atoms with Gasteiger partial charge in [-0.3, -0.25) is 4.79 Å². The molecule has 0 aliphatic heterocycles. The van der Waals surface area contributed by atoms with Crippen molar-refractivity contribution in [3.63, 3.8) is 0 Å². The van der Waals surface area contributed by atoms with Gasteiger partial charge < -0.3 is 0 Å². The van der Waals surface area contributed by atoms with Crippen LogP contribution in [0.4, 0.5) is 0 Å². The smallest absolute Gasteiger partial charge is 0.206 e. The summed E-state index contributed by atoms with van der Waals surface area (Å²) in [6.45, 7) is 1.84. The van der Waals surface area contributed by atoms with E-state index in [1.54, 1.807) is 18.2 Å². The van der Waals surface area contributed by atoms with Gasteiger partial charge in [-0.1, -0.05) is 17.7 Å². The van der Waals surface area contributed by atoms with Crippen molar-refractivity contribution >= 4 is 28.7 Å². The number of hydrogen-bond acceptors (Lipinski definition) is 3. The molecule has 0 bridgehead atoms. The molecular weight excluding hydrogens is 230 g/mol. The second-order valence-electron chi connectivity index (χ2n) is 3.10. The molecule has 0 radical (unpaired) electrons. The van der Waals surface area contributed by atoms with Crippen LogP contribution in [0, 0.1) is 6.92 Å². The fourth-order valence-corrected chi connectivity index (χ4v) is 2.19. The van der Waals surface area contributed by atoms with Gasteiger partial charge >= 0.3 is 0 Å². The number of ketones is 1. The molecule has 76 valence electrons. The average molecular weight is 238 g/mol. The fourth-order valence-electron chi connectivity index (χ4n) is 1.23. The number of rotatable bonds is 2. The van der Waals surface area contributed by atoms with Crippen molar-refractivity contribution in [1.82, 2.24) is 4.98 Å². The predicted molar refractivity (Wildman–Crippen MR) is 61.7 cm³/mol. The van der Waals surface area contributed by atoms with Crippen molar-refractivity contribution in [2.24, 2.45) is 0 Å². The second kappa shape index (κ2) is 4.13. The zero-order valence-electron chi connectivity index (χ0n) is 8.03. The first-order chi connectivity index (χ1) is 7.18. The number of carbonyl (C=O) groups is 1. The van der Waals surface area contributed by atoms with Crippen LogP contribution in [0.1, 0.15) is 20.9 Å². The third kappa shape index (κ3) is 2.08. The van der Waals surface area contributed by atoms with Gasteiger partial charge in [-0.05, 0) is 30.5 Å². The maximum atomic E-state index is 11.9. The van der Waals surface area contributed by atoms with Gasteiger partial charge in [-0.15, -0.1) is 11.3 Å². The Morgan fingerprint density at radius 2 is 2.20 bits per heavy atom. The Balaban J connectivity index is 2.42. The Labute approximate surface area is 96.5 Å². The molecule has 0 amide bonds. The highest BCUT2D eigenvalue weighted by Crippen LogP contribution is 2.20. The third-order valence-corrected chi connectivity index (χ3v) is 3.13. The Kier molecular flexibility index (Phi) is 2.84. The Hall–Kier alpha value is -1.19. The maximum Gasteiger partial charge on any atom is 0.206 e. The first-order valence-corrected chi connectivity index (χ1v) is 5.65. The monoisotopic (exact) mass is 237 g/mol. The summed E-state index contributed by atoms with van der Waals surface area (Å²) in [5.41, 5.74) is 1.27. The SMILES string of the molecule is Cc1ccc(C(=O)c2cccs2)c(Cl)n1. The van der Waals surface area contributed by atoms with Crippen LogP contribution in [0.2, 0.25) is 5.15 Å². The molecule has 0 spiro atoms. The van der Waals surface area contributed by atoms with Crippen molar-refractivity contribution < 1.29 is 4.79 Å². The first kappa shape index (κ1) is 10.3. The number of nitrogens with zero attached hydrogens (tertiary/aromatic N) is 1. The quantitative estimate of drug-likeness (QED) is 0.592. The summed E-state index contributed by atoms with van der Waals surface area (Å²) in [6, 6.07) is 7.12. The van der Waals surface area contributed by atoms with Crippen molar-refractivity contribution in [1.29, 1.82) is 0 Å². The number of thiophene rings is 1. The van der Waals surface area contributed by atoms with Crippen LogP contribution >= 0.6 is 22.9 Å². The molecule has 0 aliphatic rings. The molecule has 0 N–H and O–H groups in total. The standard InChI is InChI=1S/C11H8ClNOS/c1-7-4-5-8(11(12)13-7)10(14)9-3-2-6-15-9/h2-6H,1H3. The molecule has 2 aromatic heterocycles. The van der Waals surface area contributed by atoms with E-state index in [1.165, 1.54) is 11.3 Å². The number of halogens is 1. The van der Waals surface area contributed by atoms with Gasteiger partial charge in [0.2, 0.25) is 5.78 Å². The molecule has 15 heavy (non-hydrogen) atoms. The lowest BCUT2D eigenvalue weighted by atomic mass is 10.1. The third-order valence-electron chi connectivity index (χ3n) is 1.98.